The van der Waals surface area contributed by atoms with Gasteiger partial charge in [0.1, 0.15) is 23.5 Å². The first-order valence-corrected chi connectivity index (χ1v) is 24.4. The average molecular weight is 891 g/mol. The van der Waals surface area contributed by atoms with Gasteiger partial charge in [0.05, 0.1) is 51.9 Å². The second-order valence-electron chi connectivity index (χ2n) is 17.8. The summed E-state index contributed by atoms with van der Waals surface area (Å²) in [7, 11) is 4.41. The van der Waals surface area contributed by atoms with Gasteiger partial charge in [0.2, 0.25) is 11.9 Å². The maximum Gasteiger partial charge on any atom is 0.232 e. The summed E-state index contributed by atoms with van der Waals surface area (Å²) in [6.07, 6.45) is 7.69. The van der Waals surface area contributed by atoms with E-state index in [1.54, 1.807) is 22.7 Å². The molecule has 0 radical (unpaired) electrons. The third kappa shape index (κ3) is 9.52. The highest BCUT2D eigenvalue weighted by molar-refractivity contribution is 7.18. The average Bonchev–Trinajstić information content (AvgIpc) is 4.11. The first kappa shape index (κ1) is 42.1. The van der Waals surface area contributed by atoms with Crippen LogP contribution >= 0.6 is 22.7 Å². The van der Waals surface area contributed by atoms with Crippen LogP contribution in [0.5, 0.6) is 5.75 Å². The van der Waals surface area contributed by atoms with Crippen molar-refractivity contribution in [2.24, 2.45) is 0 Å². The molecule has 4 atom stereocenters. The predicted molar refractivity (Wildman–Crippen MR) is 255 cm³/mol. The molecule has 2 unspecified atom stereocenters. The molecule has 0 amide bonds. The second kappa shape index (κ2) is 18.7. The zero-order valence-corrected chi connectivity index (χ0v) is 37.7. The molecule has 63 heavy (non-hydrogen) atoms. The SMILES string of the molecule is CN1CCC(N(C)c2ccc(N(c3nc(N[C@H]4CC[C@H](O)CC4)c4sccc4n3)C3C[C@H](Nc4nc(Nc5ccc(OC6CCOC6)cc5)nc5ccsc45)CC[C@H]3O)cc2)CC1. The quantitative estimate of drug-likeness (QED) is 0.0754. The lowest BCUT2D eigenvalue weighted by Crippen LogP contribution is -2.49. The van der Waals surface area contributed by atoms with Crippen molar-refractivity contribution in [2.75, 3.05) is 66.1 Å². The number of likely N-dealkylation sites (tertiary alicyclic amines) is 1. The Balaban J connectivity index is 0.937. The summed E-state index contributed by atoms with van der Waals surface area (Å²) in [5.41, 5.74) is 4.71. The van der Waals surface area contributed by atoms with E-state index in [1.807, 2.05) is 30.3 Å². The topological polar surface area (TPSA) is 156 Å². The number of fused-ring (bicyclic) bond motifs is 2. The number of aliphatic hydroxyl groups is 2. The number of rotatable bonds is 13. The lowest BCUT2D eigenvalue weighted by Gasteiger charge is -2.41. The fourth-order valence-electron chi connectivity index (χ4n) is 9.66. The van der Waals surface area contributed by atoms with Crippen LogP contribution in [-0.4, -0.2) is 118 Å². The zero-order chi connectivity index (χ0) is 42.9. The molecule has 6 aromatic rings. The number of nitrogens with zero attached hydrogens (tertiary/aromatic N) is 7. The number of aliphatic hydroxyl groups excluding tert-OH is 2. The zero-order valence-electron chi connectivity index (χ0n) is 36.0. The van der Waals surface area contributed by atoms with Gasteiger partial charge in [-0.25, -0.2) is 9.97 Å². The molecule has 2 aliphatic heterocycles. The number of anilines is 7. The van der Waals surface area contributed by atoms with Crippen LogP contribution in [0, 0.1) is 0 Å². The first-order chi connectivity index (χ1) is 30.8. The lowest BCUT2D eigenvalue weighted by molar-refractivity contribution is 0.103. The van der Waals surface area contributed by atoms with Gasteiger partial charge < -0.3 is 50.3 Å². The summed E-state index contributed by atoms with van der Waals surface area (Å²) < 4.78 is 13.6. The third-order valence-electron chi connectivity index (χ3n) is 13.4. The molecular weight excluding hydrogens is 833 g/mol. The van der Waals surface area contributed by atoms with E-state index in [-0.39, 0.29) is 30.3 Å². The van der Waals surface area contributed by atoms with Gasteiger partial charge in [-0.15, -0.1) is 22.7 Å². The molecule has 4 aliphatic rings. The summed E-state index contributed by atoms with van der Waals surface area (Å²) in [4.78, 5) is 27.4. The van der Waals surface area contributed by atoms with Crippen molar-refractivity contribution < 1.29 is 19.7 Å². The Labute approximate surface area is 376 Å². The minimum Gasteiger partial charge on any atom is -0.488 e. The predicted octanol–water partition coefficient (Wildman–Crippen LogP) is 8.39. The largest absolute Gasteiger partial charge is 0.488 e. The van der Waals surface area contributed by atoms with Crippen LogP contribution in [0.15, 0.2) is 71.4 Å². The maximum atomic E-state index is 12.0. The number of hydrogen-bond donors (Lipinski definition) is 5. The van der Waals surface area contributed by atoms with E-state index >= 15 is 0 Å². The van der Waals surface area contributed by atoms with E-state index in [0.717, 1.165) is 120 Å². The highest BCUT2D eigenvalue weighted by Crippen LogP contribution is 2.39. The monoisotopic (exact) mass is 890 g/mol. The van der Waals surface area contributed by atoms with Gasteiger partial charge in [-0.2, -0.15) is 9.97 Å². The number of hydrogen-bond acceptors (Lipinski definition) is 16. The number of nitrogens with one attached hydrogen (secondary N) is 3. The molecule has 332 valence electrons. The normalized spacial score (nSPS) is 24.7. The number of piperidine rings is 1. The van der Waals surface area contributed by atoms with Crippen molar-refractivity contribution in [3.05, 3.63) is 71.4 Å². The number of benzene rings is 2. The summed E-state index contributed by atoms with van der Waals surface area (Å²) in [6.45, 7) is 3.56. The molecule has 16 heteroatoms. The Morgan fingerprint density at radius 3 is 2.11 bits per heavy atom. The maximum absolute atomic E-state index is 12.0. The minimum atomic E-state index is -0.625. The Hall–Kier alpha value is -4.84. The van der Waals surface area contributed by atoms with Gasteiger partial charge in [0, 0.05) is 48.7 Å². The van der Waals surface area contributed by atoms with Crippen LogP contribution in [0.1, 0.15) is 64.2 Å². The summed E-state index contributed by atoms with van der Waals surface area (Å²) in [6, 6.07) is 21.1. The number of thiophene rings is 2. The van der Waals surface area contributed by atoms with Gasteiger partial charge >= 0.3 is 0 Å². The van der Waals surface area contributed by atoms with Crippen LogP contribution in [0.25, 0.3) is 20.4 Å². The van der Waals surface area contributed by atoms with Gasteiger partial charge in [-0.3, -0.25) is 0 Å². The van der Waals surface area contributed by atoms with Crippen LogP contribution in [0.4, 0.5) is 40.6 Å². The highest BCUT2D eigenvalue weighted by Gasteiger charge is 2.37. The standard InChI is InChI=1S/C47H58N10O4S2/c1-55-22-17-33(18-23-55)56(2)32-8-10-34(11-9-32)57(47-52-39-21-26-63-43(39)45(54-47)48-29-3-12-35(58)13-4-29)40-27-31(7-16-41(40)59)49-44-42-38(20-25-62-42)51-46(53-44)50-30-5-14-36(15-6-30)61-37-19-24-60-28-37/h5-6,8-11,14-15,20-21,25-26,29,31,33,35,37,40-41,58-59H,3-4,7,12-13,16-19,22-24,27-28H2,1-2H3,(H,48,52,54)(H2,49,50,51,53)/t29-,31-,35-,37?,40?,41-/m1/s1. The van der Waals surface area contributed by atoms with Gasteiger partial charge in [-0.05, 0) is 149 Å². The molecular formula is C47H58N10O4S2. The Morgan fingerprint density at radius 1 is 0.730 bits per heavy atom. The fraction of sp³-hybridized carbons (Fsp3) is 0.489. The molecule has 4 fully saturated rings. The lowest BCUT2D eigenvalue weighted by atomic mass is 9.87. The fourth-order valence-corrected chi connectivity index (χ4v) is 11.2. The van der Waals surface area contributed by atoms with Crippen LogP contribution in [0.3, 0.4) is 0 Å². The molecule has 2 aliphatic carbocycles. The molecule has 2 saturated heterocycles. The molecule has 6 heterocycles. The molecule has 10 rings (SSSR count). The summed E-state index contributed by atoms with van der Waals surface area (Å²) in [5.74, 6) is 3.45. The van der Waals surface area contributed by atoms with Crippen molar-refractivity contribution >= 4 is 83.7 Å². The summed E-state index contributed by atoms with van der Waals surface area (Å²) in [5, 5.41) is 37.4. The third-order valence-corrected chi connectivity index (χ3v) is 15.2. The van der Waals surface area contributed by atoms with E-state index < -0.39 is 6.10 Å². The Morgan fingerprint density at radius 2 is 1.40 bits per heavy atom. The Bertz CT molecular complexity index is 2450. The second-order valence-corrected chi connectivity index (χ2v) is 19.6. The number of ether oxygens (including phenoxy) is 2. The molecule has 5 N–H and O–H groups in total. The number of aromatic nitrogens is 4. The molecule has 2 aromatic carbocycles. The first-order valence-electron chi connectivity index (χ1n) is 22.6. The van der Waals surface area contributed by atoms with Gasteiger partial charge in [-0.1, -0.05) is 0 Å². The molecule has 0 bridgehead atoms. The van der Waals surface area contributed by atoms with E-state index in [0.29, 0.717) is 37.4 Å². The van der Waals surface area contributed by atoms with E-state index in [9.17, 15) is 10.2 Å². The molecule has 0 spiro atoms. The van der Waals surface area contributed by atoms with Gasteiger partial charge in [0.25, 0.3) is 0 Å². The van der Waals surface area contributed by atoms with Gasteiger partial charge in [0.15, 0.2) is 0 Å². The van der Waals surface area contributed by atoms with E-state index in [4.69, 9.17) is 29.4 Å². The smallest absolute Gasteiger partial charge is 0.232 e. The summed E-state index contributed by atoms with van der Waals surface area (Å²) >= 11 is 3.26. The van der Waals surface area contributed by atoms with Crippen LogP contribution < -0.4 is 30.5 Å². The highest BCUT2D eigenvalue weighted by atomic mass is 32.1. The van der Waals surface area contributed by atoms with Crippen molar-refractivity contribution in [3.8, 4) is 5.75 Å². The minimum absolute atomic E-state index is 0.00377. The molecule has 14 nitrogen and oxygen atoms in total. The van der Waals surface area contributed by atoms with E-state index in [2.05, 4.69) is 85.8 Å². The van der Waals surface area contributed by atoms with Crippen molar-refractivity contribution in [2.45, 2.75) is 107 Å². The van der Waals surface area contributed by atoms with Crippen molar-refractivity contribution in [3.63, 3.8) is 0 Å². The molecule has 4 aromatic heterocycles. The van der Waals surface area contributed by atoms with Crippen molar-refractivity contribution in [1.82, 2.24) is 24.8 Å². The van der Waals surface area contributed by atoms with Crippen LogP contribution in [0.2, 0.25) is 0 Å². The van der Waals surface area contributed by atoms with E-state index in [1.165, 1.54) is 5.69 Å². The van der Waals surface area contributed by atoms with Crippen molar-refractivity contribution in [1.29, 1.82) is 0 Å². The molecule has 2 saturated carbocycles. The Kier molecular flexibility index (Phi) is 12.5. The van der Waals surface area contributed by atoms with Crippen LogP contribution in [-0.2, 0) is 4.74 Å².